The minimum atomic E-state index is 0.650. The van der Waals surface area contributed by atoms with Gasteiger partial charge in [0.05, 0.1) is 18.5 Å². The number of aryl methyl sites for hydroxylation is 4. The molecule has 7 aromatic rings. The smallest absolute Gasteiger partial charge is 0.170 e. The van der Waals surface area contributed by atoms with Crippen LogP contribution >= 0.6 is 0 Å². The van der Waals surface area contributed by atoms with E-state index in [9.17, 15) is 0 Å². The molecule has 0 atom stereocenters. The van der Waals surface area contributed by atoms with E-state index in [0.717, 1.165) is 46.4 Å². The van der Waals surface area contributed by atoms with Gasteiger partial charge in [0.2, 0.25) is 0 Å². The fourth-order valence-electron chi connectivity index (χ4n) is 8.05. The first-order chi connectivity index (χ1) is 29.4. The molecule has 60 heavy (non-hydrogen) atoms. The molecule has 0 radical (unpaired) electrons. The topological polar surface area (TPSA) is 15.7 Å². The third-order valence-corrected chi connectivity index (χ3v) is 11.1. The van der Waals surface area contributed by atoms with Crippen molar-refractivity contribution in [3.05, 3.63) is 233 Å². The second-order valence-electron chi connectivity index (χ2n) is 15.4. The van der Waals surface area contributed by atoms with Gasteiger partial charge in [-0.25, -0.2) is 0 Å². The molecule has 0 N–H and O–H groups in total. The van der Waals surface area contributed by atoms with Gasteiger partial charge in [-0.05, 0) is 134 Å². The van der Waals surface area contributed by atoms with E-state index in [4.69, 9.17) is 4.74 Å². The number of benzene rings is 6. The molecule has 3 heteroatoms. The number of hydrogen-bond donors (Lipinski definition) is 0. The number of rotatable bonds is 12. The lowest BCUT2D eigenvalue weighted by Gasteiger charge is -2.29. The lowest BCUT2D eigenvalue weighted by molar-refractivity contribution is 0.415. The fraction of sp³-hybridized carbons (Fsp3) is 0.123. The molecule has 7 aromatic carbocycles. The summed E-state index contributed by atoms with van der Waals surface area (Å²) in [5, 5.41) is 2.31. The Morgan fingerprint density at radius 2 is 1.30 bits per heavy atom. The lowest BCUT2D eigenvalue weighted by atomic mass is 9.92. The van der Waals surface area contributed by atoms with Crippen LogP contribution in [-0.4, -0.2) is 7.11 Å². The van der Waals surface area contributed by atoms with E-state index in [1.165, 1.54) is 55.7 Å². The van der Waals surface area contributed by atoms with Crippen LogP contribution in [0.2, 0.25) is 0 Å². The summed E-state index contributed by atoms with van der Waals surface area (Å²) in [6, 6.07) is 56.5. The third-order valence-electron chi connectivity index (χ3n) is 11.1. The predicted molar refractivity (Wildman–Crippen MR) is 256 cm³/mol. The molecule has 294 valence electrons. The van der Waals surface area contributed by atoms with Gasteiger partial charge in [0.1, 0.15) is 0 Å². The van der Waals surface area contributed by atoms with Crippen molar-refractivity contribution in [2.45, 2.75) is 40.5 Å². The zero-order chi connectivity index (χ0) is 41.4. The Hall–Kier alpha value is -7.28. The van der Waals surface area contributed by atoms with Crippen LogP contribution in [0.25, 0.3) is 28.5 Å². The Morgan fingerprint density at radius 1 is 0.633 bits per heavy atom. The Morgan fingerprint density at radius 3 is 1.93 bits per heavy atom. The summed E-state index contributed by atoms with van der Waals surface area (Å²) in [6.45, 7) is 8.69. The van der Waals surface area contributed by atoms with Crippen LogP contribution < -0.4 is 14.5 Å². The molecule has 0 fully saturated rings. The normalized spacial score (nSPS) is 12.8. The van der Waals surface area contributed by atoms with Gasteiger partial charge in [0.15, 0.2) is 5.75 Å². The highest BCUT2D eigenvalue weighted by Crippen LogP contribution is 2.40. The molecule has 0 spiro atoms. The van der Waals surface area contributed by atoms with Gasteiger partial charge < -0.3 is 14.5 Å². The van der Waals surface area contributed by atoms with E-state index < -0.39 is 0 Å². The molecule has 0 amide bonds. The molecule has 0 heterocycles. The highest BCUT2D eigenvalue weighted by Gasteiger charge is 2.19. The van der Waals surface area contributed by atoms with Crippen LogP contribution in [0.3, 0.4) is 0 Å². The molecule has 0 saturated carbocycles. The zero-order valence-corrected chi connectivity index (χ0v) is 35.1. The van der Waals surface area contributed by atoms with Crippen LogP contribution in [0.5, 0.6) is 5.75 Å². The molecule has 1 aliphatic carbocycles. The summed E-state index contributed by atoms with van der Waals surface area (Å²) in [4.78, 5) is 4.62. The van der Waals surface area contributed by atoms with Crippen LogP contribution in [0.1, 0.15) is 51.8 Å². The van der Waals surface area contributed by atoms with Crippen molar-refractivity contribution >= 4 is 56.9 Å². The highest BCUT2D eigenvalue weighted by atomic mass is 16.5. The zero-order valence-electron chi connectivity index (χ0n) is 35.1. The quantitative estimate of drug-likeness (QED) is 0.115. The van der Waals surface area contributed by atoms with Crippen LogP contribution in [0.15, 0.2) is 182 Å². The molecule has 0 bridgehead atoms. The molecule has 0 aliphatic heterocycles. The first-order valence-electron chi connectivity index (χ1n) is 20.7. The molecule has 0 unspecified atom stereocenters. The molecule has 1 aliphatic rings. The molecular weight excluding hydrogens is 729 g/mol. The summed E-state index contributed by atoms with van der Waals surface area (Å²) in [6.07, 6.45) is 19.5. The van der Waals surface area contributed by atoms with Crippen molar-refractivity contribution in [1.82, 2.24) is 0 Å². The van der Waals surface area contributed by atoms with Crippen LogP contribution in [-0.2, 0) is 0 Å². The minimum absolute atomic E-state index is 0.650. The second kappa shape index (κ2) is 18.1. The molecule has 3 nitrogen and oxygen atoms in total. The Kier molecular flexibility index (Phi) is 11.9. The summed E-state index contributed by atoms with van der Waals surface area (Å²) < 4.78 is 5.47. The van der Waals surface area contributed by atoms with E-state index in [2.05, 4.69) is 226 Å². The Bertz CT molecular complexity index is 2720. The monoisotopic (exact) mass is 778 g/mol. The third kappa shape index (κ3) is 8.75. The summed E-state index contributed by atoms with van der Waals surface area (Å²) in [5.41, 5.74) is 16.4. The maximum Gasteiger partial charge on any atom is 0.170 e. The van der Waals surface area contributed by atoms with Gasteiger partial charge in [-0.3, -0.25) is 0 Å². The van der Waals surface area contributed by atoms with Gasteiger partial charge >= 0.3 is 0 Å². The number of anilines is 5. The minimum Gasteiger partial charge on any atom is -0.489 e. The number of methoxy groups -OCH3 is 1. The summed E-state index contributed by atoms with van der Waals surface area (Å²) in [7, 11) is 1.66. The highest BCUT2D eigenvalue weighted by molar-refractivity contribution is 6.02. The van der Waals surface area contributed by atoms with Gasteiger partial charge in [0, 0.05) is 34.2 Å². The van der Waals surface area contributed by atoms with Crippen molar-refractivity contribution in [3.63, 3.8) is 0 Å². The maximum absolute atomic E-state index is 5.47. The Labute approximate surface area is 356 Å². The van der Waals surface area contributed by atoms with Gasteiger partial charge in [-0.1, -0.05) is 151 Å². The SMILES string of the molecule is COc1c#cc(N(/C=C(\C2=CC=CCC2)c2ccccc2)c2ccc(/C=C/C=C/c3ccc(N(c4ccc(C)cc4C)c4ccc(C)cc4C)cc3)c3ccccc23)cc1. The average molecular weight is 779 g/mol. The van der Waals surface area contributed by atoms with Crippen molar-refractivity contribution in [2.75, 3.05) is 16.9 Å². The van der Waals surface area contributed by atoms with E-state index in [-0.39, 0.29) is 0 Å². The first-order valence-corrected chi connectivity index (χ1v) is 20.7. The van der Waals surface area contributed by atoms with E-state index in [1.807, 2.05) is 12.1 Å². The predicted octanol–water partition coefficient (Wildman–Crippen LogP) is 15.3. The molecular formula is C57H50N2O. The molecule has 0 saturated heterocycles. The van der Waals surface area contributed by atoms with Gasteiger partial charge in [0.25, 0.3) is 0 Å². The van der Waals surface area contributed by atoms with E-state index in [1.54, 1.807) is 7.11 Å². The fourth-order valence-corrected chi connectivity index (χ4v) is 8.05. The van der Waals surface area contributed by atoms with Gasteiger partial charge in [-0.15, -0.1) is 0 Å². The standard InChI is InChI=1S/C57H50N2O/c1-41-24-35-55(43(3)38-41)59(56-36-25-42(2)39-44(56)4)50-29-26-45(27-30-50)16-12-13-21-48-28-37-57(53-23-15-14-22-52(48)53)58(49-31-33-51(60-5)34-32-49)40-54(46-17-8-6-9-18-46)47-19-10-7-11-20-47/h6-10,12-19,21-31,33,35-40H,11,20H2,1-5H3/b16-12+,21-13+,54-40-. The number of ether oxygens (including phenoxy) is 1. The van der Waals surface area contributed by atoms with E-state index >= 15 is 0 Å². The average Bonchev–Trinajstić information content (AvgIpc) is 3.28. The van der Waals surface area contributed by atoms with Crippen molar-refractivity contribution < 1.29 is 4.74 Å². The van der Waals surface area contributed by atoms with Crippen molar-refractivity contribution in [2.24, 2.45) is 0 Å². The number of hydrogen-bond acceptors (Lipinski definition) is 3. The van der Waals surface area contributed by atoms with Gasteiger partial charge in [-0.2, -0.15) is 0 Å². The van der Waals surface area contributed by atoms with Crippen molar-refractivity contribution in [3.8, 4) is 5.75 Å². The summed E-state index contributed by atoms with van der Waals surface area (Å²) >= 11 is 0. The molecule has 0 aromatic heterocycles. The second-order valence-corrected chi connectivity index (χ2v) is 15.4. The number of nitrogens with zero attached hydrogens (tertiary/aromatic N) is 2. The number of allylic oxidation sites excluding steroid dienone is 7. The maximum atomic E-state index is 5.47. The van der Waals surface area contributed by atoms with Crippen LogP contribution in [0.4, 0.5) is 28.4 Å². The van der Waals surface area contributed by atoms with E-state index in [0.29, 0.717) is 5.75 Å². The van der Waals surface area contributed by atoms with Crippen LogP contribution in [0, 0.1) is 39.8 Å². The largest absolute Gasteiger partial charge is 0.489 e. The molecule has 8 rings (SSSR count). The summed E-state index contributed by atoms with van der Waals surface area (Å²) in [5.74, 6) is 0.650. The first kappa shape index (κ1) is 39.5. The Balaban J connectivity index is 1.11. The number of fused-ring (bicyclic) bond motifs is 1. The van der Waals surface area contributed by atoms with Crippen molar-refractivity contribution in [1.29, 1.82) is 0 Å². The lowest BCUT2D eigenvalue weighted by Crippen LogP contribution is -2.12.